The Labute approximate surface area is 117 Å². The Balaban J connectivity index is 2.71. The van der Waals surface area contributed by atoms with Gasteiger partial charge in [0.2, 0.25) is 0 Å². The predicted octanol–water partition coefficient (Wildman–Crippen LogP) is 2.46. The van der Waals surface area contributed by atoms with Crippen LogP contribution in [0.25, 0.3) is 0 Å². The zero-order chi connectivity index (χ0) is 14.4. The monoisotopic (exact) mass is 286 g/mol. The molecule has 0 saturated heterocycles. The number of nitrogens with two attached hydrogens (primary N) is 1. The largest absolute Gasteiger partial charge is 0.493 e. The lowest BCUT2D eigenvalue weighted by Crippen LogP contribution is -2.27. The van der Waals surface area contributed by atoms with Crippen LogP contribution in [0.1, 0.15) is 37.3 Å². The van der Waals surface area contributed by atoms with E-state index >= 15 is 0 Å². The lowest BCUT2D eigenvalue weighted by molar-refractivity contribution is -0.151. The number of rotatable bonds is 6. The highest BCUT2D eigenvalue weighted by atomic mass is 35.5. The van der Waals surface area contributed by atoms with Crippen molar-refractivity contribution in [3.05, 3.63) is 28.3 Å². The third-order valence-corrected chi connectivity index (χ3v) is 3.06. The molecule has 0 spiro atoms. The number of aryl methyl sites for hydroxylation is 1. The van der Waals surface area contributed by atoms with Gasteiger partial charge in [-0.05, 0) is 36.1 Å². The number of hydrazine groups is 1. The van der Waals surface area contributed by atoms with Crippen LogP contribution in [-0.2, 0) is 9.63 Å². The van der Waals surface area contributed by atoms with Crippen LogP contribution in [0.4, 0.5) is 0 Å². The number of nitrogens with one attached hydrogen (secondary N) is 1. The van der Waals surface area contributed by atoms with E-state index in [4.69, 9.17) is 22.2 Å². The summed E-state index contributed by atoms with van der Waals surface area (Å²) in [5.74, 6) is 5.42. The molecular formula is C13H19ClN2O3. The van der Waals surface area contributed by atoms with Crippen LogP contribution < -0.4 is 16.2 Å². The summed E-state index contributed by atoms with van der Waals surface area (Å²) in [6.45, 7) is 6.24. The molecule has 0 aromatic heterocycles. The molecular weight excluding hydrogens is 268 g/mol. The van der Waals surface area contributed by atoms with E-state index < -0.39 is 5.97 Å². The molecule has 0 atom stereocenters. The summed E-state index contributed by atoms with van der Waals surface area (Å²) in [6, 6.07) is 3.78. The Morgan fingerprint density at radius 2 is 2.16 bits per heavy atom. The molecule has 1 rings (SSSR count). The van der Waals surface area contributed by atoms with Crippen molar-refractivity contribution >= 4 is 17.6 Å². The molecule has 0 aliphatic carbocycles. The highest BCUT2D eigenvalue weighted by Crippen LogP contribution is 2.32. The van der Waals surface area contributed by atoms with E-state index in [1.54, 1.807) is 0 Å². The molecule has 0 amide bonds. The summed E-state index contributed by atoms with van der Waals surface area (Å²) in [5, 5.41) is 0.711. The quantitative estimate of drug-likeness (QED) is 0.621. The Bertz CT molecular complexity index is 450. The normalized spacial score (nSPS) is 10.6. The van der Waals surface area contributed by atoms with Crippen LogP contribution in [0, 0.1) is 6.92 Å². The number of benzene rings is 1. The molecule has 0 aliphatic heterocycles. The first-order valence-electron chi connectivity index (χ1n) is 6.03. The SMILES string of the molecule is Cc1cc(OCCC(=O)ONN)c(C(C)C)cc1Cl. The summed E-state index contributed by atoms with van der Waals surface area (Å²) >= 11 is 6.10. The first-order chi connectivity index (χ1) is 8.95. The first kappa shape index (κ1) is 15.8. The van der Waals surface area contributed by atoms with Gasteiger partial charge in [-0.15, -0.1) is 0 Å². The van der Waals surface area contributed by atoms with E-state index in [0.717, 1.165) is 16.9 Å². The number of hydrogen-bond donors (Lipinski definition) is 2. The van der Waals surface area contributed by atoms with Crippen molar-refractivity contribution in [1.29, 1.82) is 0 Å². The van der Waals surface area contributed by atoms with Crippen LogP contribution in [0.3, 0.4) is 0 Å². The fourth-order valence-electron chi connectivity index (χ4n) is 1.61. The molecule has 106 valence electrons. The molecule has 19 heavy (non-hydrogen) atoms. The minimum absolute atomic E-state index is 0.114. The van der Waals surface area contributed by atoms with E-state index in [1.807, 2.05) is 24.6 Å². The van der Waals surface area contributed by atoms with Crippen molar-refractivity contribution in [2.24, 2.45) is 5.84 Å². The topological polar surface area (TPSA) is 73.6 Å². The zero-order valence-electron chi connectivity index (χ0n) is 11.3. The van der Waals surface area contributed by atoms with Gasteiger partial charge in [0.25, 0.3) is 0 Å². The first-order valence-corrected chi connectivity index (χ1v) is 6.41. The van der Waals surface area contributed by atoms with Gasteiger partial charge in [-0.1, -0.05) is 31.0 Å². The fourth-order valence-corrected chi connectivity index (χ4v) is 1.78. The van der Waals surface area contributed by atoms with Gasteiger partial charge >= 0.3 is 5.97 Å². The van der Waals surface area contributed by atoms with Crippen LogP contribution >= 0.6 is 11.6 Å². The molecule has 0 bridgehead atoms. The maximum Gasteiger partial charge on any atom is 0.329 e. The van der Waals surface area contributed by atoms with Gasteiger partial charge in [-0.3, -0.25) is 4.79 Å². The van der Waals surface area contributed by atoms with Crippen molar-refractivity contribution < 1.29 is 14.4 Å². The summed E-state index contributed by atoms with van der Waals surface area (Å²) in [4.78, 5) is 15.5. The van der Waals surface area contributed by atoms with E-state index in [0.29, 0.717) is 5.02 Å². The molecule has 1 aromatic carbocycles. The molecule has 6 heteroatoms. The second kappa shape index (κ2) is 7.33. The maximum absolute atomic E-state index is 11.1. The molecule has 0 fully saturated rings. The van der Waals surface area contributed by atoms with Crippen LogP contribution in [0.15, 0.2) is 12.1 Å². The molecule has 0 aliphatic rings. The molecule has 1 aromatic rings. The van der Waals surface area contributed by atoms with E-state index in [9.17, 15) is 4.79 Å². The predicted molar refractivity (Wildman–Crippen MR) is 73.8 cm³/mol. The average molecular weight is 287 g/mol. The molecule has 0 unspecified atom stereocenters. The van der Waals surface area contributed by atoms with E-state index in [2.05, 4.69) is 18.7 Å². The van der Waals surface area contributed by atoms with Crippen molar-refractivity contribution in [3.63, 3.8) is 0 Å². The van der Waals surface area contributed by atoms with Crippen LogP contribution in [0.5, 0.6) is 5.75 Å². The van der Waals surface area contributed by atoms with Gasteiger partial charge in [0.05, 0.1) is 13.0 Å². The third kappa shape index (κ3) is 4.70. The molecule has 0 saturated carbocycles. The van der Waals surface area contributed by atoms with Crippen molar-refractivity contribution in [3.8, 4) is 5.75 Å². The van der Waals surface area contributed by atoms with Gasteiger partial charge < -0.3 is 9.57 Å². The maximum atomic E-state index is 11.1. The van der Waals surface area contributed by atoms with Gasteiger partial charge in [0.1, 0.15) is 5.75 Å². The van der Waals surface area contributed by atoms with Gasteiger partial charge in [0.15, 0.2) is 0 Å². The number of carbonyl (C=O) groups excluding carboxylic acids is 1. The highest BCUT2D eigenvalue weighted by Gasteiger charge is 2.12. The van der Waals surface area contributed by atoms with Crippen molar-refractivity contribution in [1.82, 2.24) is 5.59 Å². The van der Waals surface area contributed by atoms with Gasteiger partial charge in [-0.2, -0.15) is 0 Å². The minimum Gasteiger partial charge on any atom is -0.493 e. The second-order valence-electron chi connectivity index (χ2n) is 4.48. The standard InChI is InChI=1S/C13H19ClN2O3/c1-8(2)10-7-11(14)9(3)6-12(10)18-5-4-13(17)19-16-15/h6-8,16H,4-5,15H2,1-3H3. The number of ether oxygens (including phenoxy) is 1. The Hall–Kier alpha value is -1.30. The molecule has 3 N–H and O–H groups in total. The van der Waals surface area contributed by atoms with Crippen molar-refractivity contribution in [2.75, 3.05) is 6.61 Å². The second-order valence-corrected chi connectivity index (χ2v) is 4.89. The summed E-state index contributed by atoms with van der Waals surface area (Å²) in [5.41, 5.74) is 3.79. The van der Waals surface area contributed by atoms with Crippen LogP contribution in [0.2, 0.25) is 5.02 Å². The van der Waals surface area contributed by atoms with Crippen molar-refractivity contribution in [2.45, 2.75) is 33.1 Å². The molecule has 5 nitrogen and oxygen atoms in total. The number of hydrogen-bond acceptors (Lipinski definition) is 5. The summed E-state index contributed by atoms with van der Waals surface area (Å²) in [7, 11) is 0. The minimum atomic E-state index is -0.473. The lowest BCUT2D eigenvalue weighted by Gasteiger charge is -2.15. The summed E-state index contributed by atoms with van der Waals surface area (Å²) in [6.07, 6.45) is 0.114. The number of carbonyl (C=O) groups is 1. The highest BCUT2D eigenvalue weighted by molar-refractivity contribution is 6.31. The van der Waals surface area contributed by atoms with Crippen LogP contribution in [-0.4, -0.2) is 12.6 Å². The third-order valence-electron chi connectivity index (χ3n) is 2.65. The summed E-state index contributed by atoms with van der Waals surface area (Å²) < 4.78 is 5.62. The Kier molecular flexibility index (Phi) is 6.08. The number of halogens is 1. The van der Waals surface area contributed by atoms with E-state index in [1.165, 1.54) is 0 Å². The van der Waals surface area contributed by atoms with E-state index in [-0.39, 0.29) is 18.9 Å². The molecule has 0 heterocycles. The molecule has 0 radical (unpaired) electrons. The average Bonchev–Trinajstić information content (AvgIpc) is 2.33. The Morgan fingerprint density at radius 1 is 1.47 bits per heavy atom. The zero-order valence-corrected chi connectivity index (χ0v) is 12.1. The smallest absolute Gasteiger partial charge is 0.329 e. The van der Waals surface area contributed by atoms with Gasteiger partial charge in [-0.25, -0.2) is 5.84 Å². The van der Waals surface area contributed by atoms with Gasteiger partial charge in [0, 0.05) is 5.02 Å². The Morgan fingerprint density at radius 3 is 2.74 bits per heavy atom. The fraction of sp³-hybridized carbons (Fsp3) is 0.462. The lowest BCUT2D eigenvalue weighted by atomic mass is 10.0.